The Bertz CT molecular complexity index is 1200. The van der Waals surface area contributed by atoms with E-state index in [4.69, 9.17) is 9.47 Å². The van der Waals surface area contributed by atoms with E-state index in [1.165, 1.54) is 15.9 Å². The summed E-state index contributed by atoms with van der Waals surface area (Å²) in [5.74, 6) is 2.02. The van der Waals surface area contributed by atoms with Gasteiger partial charge in [0, 0.05) is 11.1 Å². The summed E-state index contributed by atoms with van der Waals surface area (Å²) in [6.07, 6.45) is 1.82. The van der Waals surface area contributed by atoms with Crippen molar-refractivity contribution in [1.82, 2.24) is 14.6 Å². The number of nitrogens with zero attached hydrogens (tertiary/aromatic N) is 3. The predicted octanol–water partition coefficient (Wildman–Crippen LogP) is 2.77. The minimum Gasteiger partial charge on any atom is -0.497 e. The minimum atomic E-state index is -0.187. The van der Waals surface area contributed by atoms with Gasteiger partial charge in [-0.1, -0.05) is 29.5 Å². The van der Waals surface area contributed by atoms with Crippen molar-refractivity contribution in [3.05, 3.63) is 69.0 Å². The summed E-state index contributed by atoms with van der Waals surface area (Å²) >= 11 is 1.31. The molecule has 2 aromatic heterocycles. The Kier molecular flexibility index (Phi) is 4.60. The van der Waals surface area contributed by atoms with Crippen molar-refractivity contribution in [3.8, 4) is 22.9 Å². The average molecular weight is 379 g/mol. The molecule has 0 atom stereocenters. The fourth-order valence-corrected chi connectivity index (χ4v) is 3.62. The van der Waals surface area contributed by atoms with Crippen LogP contribution in [0.25, 0.3) is 22.4 Å². The topological polar surface area (TPSA) is 65.7 Å². The second kappa shape index (κ2) is 7.20. The molecule has 0 N–H and O–H groups in total. The van der Waals surface area contributed by atoms with Crippen molar-refractivity contribution >= 4 is 22.4 Å². The molecule has 0 aliphatic heterocycles. The van der Waals surface area contributed by atoms with E-state index in [2.05, 4.69) is 10.1 Å². The lowest BCUT2D eigenvalue weighted by atomic mass is 10.2. The molecule has 0 unspecified atom stereocenters. The molecule has 0 amide bonds. The fourth-order valence-electron chi connectivity index (χ4n) is 2.72. The van der Waals surface area contributed by atoms with E-state index < -0.39 is 0 Å². The molecule has 7 heteroatoms. The van der Waals surface area contributed by atoms with Crippen LogP contribution in [0.15, 0.2) is 53.3 Å². The minimum absolute atomic E-state index is 0.187. The van der Waals surface area contributed by atoms with Crippen molar-refractivity contribution < 1.29 is 9.47 Å². The van der Waals surface area contributed by atoms with Gasteiger partial charge in [-0.3, -0.25) is 4.79 Å². The molecule has 2 aromatic carbocycles. The molecule has 4 rings (SSSR count). The Labute approximate surface area is 159 Å². The summed E-state index contributed by atoms with van der Waals surface area (Å²) in [7, 11) is 1.62. The smallest absolute Gasteiger partial charge is 0.291 e. The Morgan fingerprint density at radius 3 is 2.63 bits per heavy atom. The Hall–Kier alpha value is -3.19. The van der Waals surface area contributed by atoms with Crippen LogP contribution in [0.1, 0.15) is 12.5 Å². The zero-order valence-electron chi connectivity index (χ0n) is 14.9. The number of rotatable bonds is 5. The molecule has 0 spiro atoms. The van der Waals surface area contributed by atoms with E-state index in [0.717, 1.165) is 22.6 Å². The average Bonchev–Trinajstić information content (AvgIpc) is 3.23. The van der Waals surface area contributed by atoms with Gasteiger partial charge < -0.3 is 9.47 Å². The number of benzene rings is 2. The molecular formula is C20H17N3O3S. The summed E-state index contributed by atoms with van der Waals surface area (Å²) in [5, 5.41) is 4.37. The summed E-state index contributed by atoms with van der Waals surface area (Å²) < 4.78 is 12.7. The van der Waals surface area contributed by atoms with Gasteiger partial charge in [-0.05, 0) is 43.3 Å². The van der Waals surface area contributed by atoms with Gasteiger partial charge >= 0.3 is 0 Å². The highest BCUT2D eigenvalue weighted by Crippen LogP contribution is 2.21. The second-order valence-corrected chi connectivity index (χ2v) is 6.75. The molecule has 0 saturated heterocycles. The van der Waals surface area contributed by atoms with E-state index in [1.54, 1.807) is 7.11 Å². The quantitative estimate of drug-likeness (QED) is 0.533. The molecule has 0 fully saturated rings. The summed E-state index contributed by atoms with van der Waals surface area (Å²) in [5.41, 5.74) is 1.50. The molecule has 0 saturated carbocycles. The SMILES string of the molecule is CCOc1ccccc1/C=c1\sc2nc(-c3ccc(OC)cc3)nn2c1=O. The normalized spacial score (nSPS) is 11.9. The number of para-hydroxylation sites is 1. The van der Waals surface area contributed by atoms with Crippen molar-refractivity contribution in [2.75, 3.05) is 13.7 Å². The maximum Gasteiger partial charge on any atom is 0.291 e. The van der Waals surface area contributed by atoms with E-state index in [0.29, 0.717) is 21.9 Å². The third-order valence-electron chi connectivity index (χ3n) is 4.04. The van der Waals surface area contributed by atoms with Gasteiger partial charge in [0.1, 0.15) is 11.5 Å². The highest BCUT2D eigenvalue weighted by molar-refractivity contribution is 7.15. The molecule has 6 nitrogen and oxygen atoms in total. The van der Waals surface area contributed by atoms with E-state index in [-0.39, 0.29) is 5.56 Å². The molecule has 0 aliphatic rings. The maximum absolute atomic E-state index is 12.7. The molecule has 136 valence electrons. The van der Waals surface area contributed by atoms with Crippen LogP contribution >= 0.6 is 11.3 Å². The number of ether oxygens (including phenoxy) is 2. The fraction of sp³-hybridized carbons (Fsp3) is 0.150. The van der Waals surface area contributed by atoms with Crippen LogP contribution in [0, 0.1) is 0 Å². The van der Waals surface area contributed by atoms with Crippen LogP contribution in [0.2, 0.25) is 0 Å². The number of methoxy groups -OCH3 is 1. The van der Waals surface area contributed by atoms with Crippen molar-refractivity contribution in [2.24, 2.45) is 0 Å². The lowest BCUT2D eigenvalue weighted by molar-refractivity contribution is 0.339. The first-order chi connectivity index (χ1) is 13.2. The van der Waals surface area contributed by atoms with Crippen LogP contribution in [-0.4, -0.2) is 28.3 Å². The number of hydrogen-bond acceptors (Lipinski definition) is 6. The largest absolute Gasteiger partial charge is 0.497 e. The Balaban J connectivity index is 1.76. The third-order valence-corrected chi connectivity index (χ3v) is 4.99. The Morgan fingerprint density at radius 2 is 1.93 bits per heavy atom. The molecule has 2 heterocycles. The Morgan fingerprint density at radius 1 is 1.15 bits per heavy atom. The summed E-state index contributed by atoms with van der Waals surface area (Å²) in [6.45, 7) is 2.50. The van der Waals surface area contributed by atoms with Gasteiger partial charge in [-0.25, -0.2) is 0 Å². The van der Waals surface area contributed by atoms with E-state index in [9.17, 15) is 4.79 Å². The van der Waals surface area contributed by atoms with Crippen LogP contribution in [-0.2, 0) is 0 Å². The number of hydrogen-bond donors (Lipinski definition) is 0. The standard InChI is InChI=1S/C20H17N3O3S/c1-3-26-16-7-5-4-6-14(16)12-17-19(24)23-20(27-17)21-18(22-23)13-8-10-15(25-2)11-9-13/h4-12H,3H2,1-2H3/b17-12-. The summed E-state index contributed by atoms with van der Waals surface area (Å²) in [4.78, 5) is 17.8. The zero-order valence-corrected chi connectivity index (χ0v) is 15.7. The highest BCUT2D eigenvalue weighted by Gasteiger charge is 2.12. The monoisotopic (exact) mass is 379 g/mol. The first kappa shape index (κ1) is 17.2. The second-order valence-electron chi connectivity index (χ2n) is 5.74. The zero-order chi connectivity index (χ0) is 18.8. The predicted molar refractivity (Wildman–Crippen MR) is 106 cm³/mol. The van der Waals surface area contributed by atoms with Gasteiger partial charge in [0.25, 0.3) is 5.56 Å². The van der Waals surface area contributed by atoms with Gasteiger partial charge in [0.05, 0.1) is 18.2 Å². The van der Waals surface area contributed by atoms with Crippen LogP contribution in [0.5, 0.6) is 11.5 Å². The molecule has 27 heavy (non-hydrogen) atoms. The van der Waals surface area contributed by atoms with Gasteiger partial charge in [-0.2, -0.15) is 9.50 Å². The first-order valence-corrected chi connectivity index (χ1v) is 9.29. The molecular weight excluding hydrogens is 362 g/mol. The van der Waals surface area contributed by atoms with Crippen LogP contribution in [0.3, 0.4) is 0 Å². The van der Waals surface area contributed by atoms with Crippen LogP contribution in [0.4, 0.5) is 0 Å². The van der Waals surface area contributed by atoms with E-state index >= 15 is 0 Å². The first-order valence-electron chi connectivity index (χ1n) is 8.47. The number of fused-ring (bicyclic) bond motifs is 1. The molecule has 0 aliphatic carbocycles. The molecule has 0 radical (unpaired) electrons. The maximum atomic E-state index is 12.7. The molecule has 4 aromatic rings. The lowest BCUT2D eigenvalue weighted by Gasteiger charge is -2.05. The lowest BCUT2D eigenvalue weighted by Crippen LogP contribution is -2.23. The molecule has 0 bridgehead atoms. The summed E-state index contributed by atoms with van der Waals surface area (Å²) in [6, 6.07) is 15.0. The van der Waals surface area contributed by atoms with Crippen molar-refractivity contribution in [2.45, 2.75) is 6.92 Å². The highest BCUT2D eigenvalue weighted by atomic mass is 32.1. The van der Waals surface area contributed by atoms with E-state index in [1.807, 2.05) is 61.5 Å². The third kappa shape index (κ3) is 3.29. The number of thiazole rings is 1. The van der Waals surface area contributed by atoms with Crippen molar-refractivity contribution in [3.63, 3.8) is 0 Å². The van der Waals surface area contributed by atoms with Gasteiger partial charge in [0.15, 0.2) is 5.82 Å². The van der Waals surface area contributed by atoms with Gasteiger partial charge in [-0.15, -0.1) is 5.10 Å². The van der Waals surface area contributed by atoms with Gasteiger partial charge in [0.2, 0.25) is 4.96 Å². The number of aromatic nitrogens is 3. The van der Waals surface area contributed by atoms with Crippen molar-refractivity contribution in [1.29, 1.82) is 0 Å². The van der Waals surface area contributed by atoms with Crippen LogP contribution < -0.4 is 19.6 Å².